The highest BCUT2D eigenvalue weighted by molar-refractivity contribution is 5.43. The average Bonchev–Trinajstić information content (AvgIpc) is 2.07. The van der Waals surface area contributed by atoms with Crippen molar-refractivity contribution in [3.63, 3.8) is 0 Å². The zero-order valence-electron chi connectivity index (χ0n) is 8.52. The third kappa shape index (κ3) is 4.78. The summed E-state index contributed by atoms with van der Waals surface area (Å²) in [5, 5.41) is 3.05. The van der Waals surface area contributed by atoms with Crippen LogP contribution in [0, 0.1) is 6.92 Å². The van der Waals surface area contributed by atoms with Gasteiger partial charge in [0.15, 0.2) is 0 Å². The third-order valence-corrected chi connectivity index (χ3v) is 1.34. The second-order valence-corrected chi connectivity index (χ2v) is 2.82. The van der Waals surface area contributed by atoms with Crippen LogP contribution in [0.5, 0.6) is 0 Å². The second kappa shape index (κ2) is 6.71. The molecule has 1 heteroatoms. The Kier molecular flexibility index (Phi) is 6.16. The highest BCUT2D eigenvalue weighted by Gasteiger charge is 1.83. The smallest absolute Gasteiger partial charge is 0.0337 e. The van der Waals surface area contributed by atoms with Crippen LogP contribution in [0.25, 0.3) is 0 Å². The van der Waals surface area contributed by atoms with E-state index >= 15 is 0 Å². The number of anilines is 1. The van der Waals surface area contributed by atoms with Crippen LogP contribution in [0.3, 0.4) is 0 Å². The van der Waals surface area contributed by atoms with Gasteiger partial charge in [-0.2, -0.15) is 0 Å². The molecule has 0 atom stereocenters. The highest BCUT2D eigenvalue weighted by atomic mass is 14.8. The van der Waals surface area contributed by atoms with Crippen LogP contribution < -0.4 is 5.32 Å². The zero-order valence-corrected chi connectivity index (χ0v) is 8.52. The lowest BCUT2D eigenvalue weighted by atomic mass is 10.2. The van der Waals surface area contributed by atoms with Gasteiger partial charge in [-0.15, -0.1) is 0 Å². The quantitative estimate of drug-likeness (QED) is 0.672. The first-order valence-electron chi connectivity index (χ1n) is 4.49. The van der Waals surface area contributed by atoms with Crippen LogP contribution in [0.4, 0.5) is 5.69 Å². The maximum absolute atomic E-state index is 3.05. The van der Waals surface area contributed by atoms with E-state index in [9.17, 15) is 0 Å². The van der Waals surface area contributed by atoms with Gasteiger partial charge in [0.05, 0.1) is 0 Å². The number of nitrogens with one attached hydrogen (secondary N) is 1. The number of aryl methyl sites for hydroxylation is 1. The van der Waals surface area contributed by atoms with Crippen LogP contribution in [0.15, 0.2) is 24.3 Å². The highest BCUT2D eigenvalue weighted by Crippen LogP contribution is 2.06. The summed E-state index contributed by atoms with van der Waals surface area (Å²) < 4.78 is 0. The van der Waals surface area contributed by atoms with Crippen LogP contribution in [0.1, 0.15) is 25.8 Å². The third-order valence-electron chi connectivity index (χ3n) is 1.34. The van der Waals surface area contributed by atoms with E-state index in [1.165, 1.54) is 17.7 Å². The van der Waals surface area contributed by atoms with Gasteiger partial charge < -0.3 is 5.32 Å². The van der Waals surface area contributed by atoms with Gasteiger partial charge in [0.25, 0.3) is 0 Å². The molecule has 68 valence electrons. The Morgan fingerprint density at radius 3 is 1.83 bits per heavy atom. The molecule has 0 heterocycles. The standard InChI is InChI=1S/C8H11N.C3H8/c1-7-3-5-8(9-2)6-4-7;1-3-2/h3-6,9H,1-2H3;3H2,1-2H3. The van der Waals surface area contributed by atoms with Gasteiger partial charge in [0, 0.05) is 12.7 Å². The largest absolute Gasteiger partial charge is 0.388 e. The Hall–Kier alpha value is -0.980. The van der Waals surface area contributed by atoms with Crippen LogP contribution in [-0.4, -0.2) is 7.05 Å². The molecule has 0 saturated carbocycles. The molecular weight excluding hydrogens is 146 g/mol. The summed E-state index contributed by atoms with van der Waals surface area (Å²) in [4.78, 5) is 0. The first kappa shape index (κ1) is 11.0. The number of rotatable bonds is 1. The van der Waals surface area contributed by atoms with Gasteiger partial charge in [-0.1, -0.05) is 38.0 Å². The van der Waals surface area contributed by atoms with E-state index in [0.29, 0.717) is 0 Å². The van der Waals surface area contributed by atoms with Gasteiger partial charge in [-0.05, 0) is 19.1 Å². The van der Waals surface area contributed by atoms with Crippen LogP contribution in [0.2, 0.25) is 0 Å². The Labute approximate surface area is 75.8 Å². The van der Waals surface area contributed by atoms with Crippen LogP contribution >= 0.6 is 0 Å². The van der Waals surface area contributed by atoms with Crippen molar-refractivity contribution in [1.29, 1.82) is 0 Å². The zero-order chi connectivity index (χ0) is 9.40. The molecule has 1 rings (SSSR count). The average molecular weight is 165 g/mol. The summed E-state index contributed by atoms with van der Waals surface area (Å²) in [6.07, 6.45) is 1.25. The summed E-state index contributed by atoms with van der Waals surface area (Å²) in [5.41, 5.74) is 2.47. The van der Waals surface area contributed by atoms with Crippen molar-refractivity contribution in [2.24, 2.45) is 0 Å². The van der Waals surface area contributed by atoms with Crippen molar-refractivity contribution >= 4 is 5.69 Å². The first-order chi connectivity index (χ1) is 5.74. The Bertz CT molecular complexity index is 189. The van der Waals surface area contributed by atoms with Gasteiger partial charge >= 0.3 is 0 Å². The van der Waals surface area contributed by atoms with Crippen molar-refractivity contribution in [2.45, 2.75) is 27.2 Å². The lowest BCUT2D eigenvalue weighted by molar-refractivity contribution is 1.09. The molecule has 1 aromatic carbocycles. The van der Waals surface area contributed by atoms with Gasteiger partial charge in [0.1, 0.15) is 0 Å². The Morgan fingerprint density at radius 1 is 1.08 bits per heavy atom. The van der Waals surface area contributed by atoms with Crippen molar-refractivity contribution in [3.05, 3.63) is 29.8 Å². The molecular formula is C11H19N. The minimum absolute atomic E-state index is 1.17. The van der Waals surface area contributed by atoms with Crippen molar-refractivity contribution in [2.75, 3.05) is 12.4 Å². The summed E-state index contributed by atoms with van der Waals surface area (Å²) >= 11 is 0. The molecule has 0 radical (unpaired) electrons. The predicted molar refractivity (Wildman–Crippen MR) is 56.7 cm³/mol. The van der Waals surface area contributed by atoms with Crippen molar-refractivity contribution < 1.29 is 0 Å². The molecule has 0 aliphatic carbocycles. The van der Waals surface area contributed by atoms with Gasteiger partial charge in [0.2, 0.25) is 0 Å². The number of hydrogen-bond donors (Lipinski definition) is 1. The molecule has 12 heavy (non-hydrogen) atoms. The summed E-state index contributed by atoms with van der Waals surface area (Å²) in [6.45, 7) is 6.33. The van der Waals surface area contributed by atoms with Gasteiger partial charge in [-0.3, -0.25) is 0 Å². The second-order valence-electron chi connectivity index (χ2n) is 2.82. The number of hydrogen-bond acceptors (Lipinski definition) is 1. The molecule has 0 aromatic heterocycles. The SMILES string of the molecule is CCC.CNc1ccc(C)cc1. The summed E-state index contributed by atoms with van der Waals surface area (Å²) in [6, 6.07) is 8.31. The normalized spacial score (nSPS) is 8.33. The fourth-order valence-electron chi connectivity index (χ4n) is 0.720. The molecule has 0 unspecified atom stereocenters. The molecule has 0 saturated heterocycles. The fourth-order valence-corrected chi connectivity index (χ4v) is 0.720. The molecule has 0 amide bonds. The molecule has 1 nitrogen and oxygen atoms in total. The Balaban J connectivity index is 0.000000354. The number of benzene rings is 1. The summed E-state index contributed by atoms with van der Waals surface area (Å²) in [7, 11) is 1.92. The lowest BCUT2D eigenvalue weighted by Crippen LogP contribution is -1.85. The molecule has 0 aliphatic rings. The van der Waals surface area contributed by atoms with E-state index in [4.69, 9.17) is 0 Å². The van der Waals surface area contributed by atoms with E-state index in [0.717, 1.165) is 0 Å². The fraction of sp³-hybridized carbons (Fsp3) is 0.455. The molecule has 0 fully saturated rings. The van der Waals surface area contributed by atoms with Crippen LogP contribution in [-0.2, 0) is 0 Å². The van der Waals surface area contributed by atoms with E-state index in [2.05, 4.69) is 50.4 Å². The predicted octanol–water partition coefficient (Wildman–Crippen LogP) is 3.45. The van der Waals surface area contributed by atoms with E-state index in [-0.39, 0.29) is 0 Å². The molecule has 1 N–H and O–H groups in total. The van der Waals surface area contributed by atoms with E-state index < -0.39 is 0 Å². The van der Waals surface area contributed by atoms with E-state index in [1.807, 2.05) is 7.05 Å². The van der Waals surface area contributed by atoms with Crippen molar-refractivity contribution in [3.8, 4) is 0 Å². The monoisotopic (exact) mass is 165 g/mol. The molecule has 0 aliphatic heterocycles. The first-order valence-corrected chi connectivity index (χ1v) is 4.49. The van der Waals surface area contributed by atoms with Crippen molar-refractivity contribution in [1.82, 2.24) is 0 Å². The Morgan fingerprint density at radius 2 is 1.50 bits per heavy atom. The molecule has 1 aromatic rings. The molecule has 0 spiro atoms. The molecule has 0 bridgehead atoms. The minimum atomic E-state index is 1.17. The summed E-state index contributed by atoms with van der Waals surface area (Å²) in [5.74, 6) is 0. The maximum atomic E-state index is 3.05. The van der Waals surface area contributed by atoms with Gasteiger partial charge in [-0.25, -0.2) is 0 Å². The lowest BCUT2D eigenvalue weighted by Gasteiger charge is -1.97. The van der Waals surface area contributed by atoms with E-state index in [1.54, 1.807) is 0 Å². The minimum Gasteiger partial charge on any atom is -0.388 e. The topological polar surface area (TPSA) is 12.0 Å². The maximum Gasteiger partial charge on any atom is 0.0337 e.